The molecule has 3 nitrogen and oxygen atoms in total. The SMILES string of the molecule is C[C@H](c1ccco1)N1CC[C@H](O)C1. The van der Waals surface area contributed by atoms with E-state index in [1.165, 1.54) is 0 Å². The van der Waals surface area contributed by atoms with E-state index in [2.05, 4.69) is 11.8 Å². The van der Waals surface area contributed by atoms with Crippen LogP contribution in [0.25, 0.3) is 0 Å². The van der Waals surface area contributed by atoms with Crippen LogP contribution in [0.2, 0.25) is 0 Å². The molecule has 2 atom stereocenters. The van der Waals surface area contributed by atoms with Gasteiger partial charge in [0.2, 0.25) is 0 Å². The Balaban J connectivity index is 2.02. The highest BCUT2D eigenvalue weighted by atomic mass is 16.3. The summed E-state index contributed by atoms with van der Waals surface area (Å²) in [5, 5.41) is 9.37. The van der Waals surface area contributed by atoms with E-state index in [0.29, 0.717) is 0 Å². The predicted molar refractivity (Wildman–Crippen MR) is 49.3 cm³/mol. The highest BCUT2D eigenvalue weighted by Gasteiger charge is 2.26. The van der Waals surface area contributed by atoms with Gasteiger partial charge in [0, 0.05) is 13.1 Å². The Kier molecular flexibility index (Phi) is 2.38. The van der Waals surface area contributed by atoms with Gasteiger partial charge in [-0.3, -0.25) is 4.90 Å². The van der Waals surface area contributed by atoms with Gasteiger partial charge in [-0.05, 0) is 25.5 Å². The summed E-state index contributed by atoms with van der Waals surface area (Å²) in [5.74, 6) is 0.981. The number of aliphatic hydroxyl groups excluding tert-OH is 1. The molecule has 1 aliphatic rings. The van der Waals surface area contributed by atoms with Crippen molar-refractivity contribution in [2.24, 2.45) is 0 Å². The van der Waals surface area contributed by atoms with Crippen molar-refractivity contribution in [3.63, 3.8) is 0 Å². The second-order valence-electron chi connectivity index (χ2n) is 3.63. The Morgan fingerprint density at radius 1 is 1.69 bits per heavy atom. The van der Waals surface area contributed by atoms with E-state index in [1.54, 1.807) is 6.26 Å². The summed E-state index contributed by atoms with van der Waals surface area (Å²) in [6.45, 7) is 3.84. The van der Waals surface area contributed by atoms with Gasteiger partial charge in [0.15, 0.2) is 0 Å². The molecule has 1 aliphatic heterocycles. The number of nitrogens with zero attached hydrogens (tertiary/aromatic N) is 1. The minimum absolute atomic E-state index is 0.155. The van der Waals surface area contributed by atoms with E-state index in [-0.39, 0.29) is 12.1 Å². The van der Waals surface area contributed by atoms with Crippen molar-refractivity contribution in [3.05, 3.63) is 24.2 Å². The molecule has 2 heterocycles. The zero-order chi connectivity index (χ0) is 9.26. The third-order valence-corrected chi connectivity index (χ3v) is 2.70. The third-order valence-electron chi connectivity index (χ3n) is 2.70. The standard InChI is InChI=1S/C10H15NO2/c1-8(10-3-2-6-13-10)11-5-4-9(12)7-11/h2-3,6,8-9,12H,4-5,7H2,1H3/t8-,9+/m1/s1. The molecule has 72 valence electrons. The summed E-state index contributed by atoms with van der Waals surface area (Å²) in [5.41, 5.74) is 0. The fourth-order valence-electron chi connectivity index (χ4n) is 1.83. The molecule has 0 aliphatic carbocycles. The van der Waals surface area contributed by atoms with Crippen molar-refractivity contribution >= 4 is 0 Å². The van der Waals surface area contributed by atoms with E-state index in [1.807, 2.05) is 12.1 Å². The molecule has 1 fully saturated rings. The molecule has 0 bridgehead atoms. The minimum atomic E-state index is -0.155. The Morgan fingerprint density at radius 3 is 3.08 bits per heavy atom. The number of furan rings is 1. The van der Waals surface area contributed by atoms with Crippen LogP contribution < -0.4 is 0 Å². The molecule has 0 spiro atoms. The van der Waals surface area contributed by atoms with Crippen LogP contribution in [0.5, 0.6) is 0 Å². The molecule has 1 saturated heterocycles. The van der Waals surface area contributed by atoms with E-state index in [4.69, 9.17) is 4.42 Å². The first kappa shape index (κ1) is 8.78. The van der Waals surface area contributed by atoms with E-state index < -0.39 is 0 Å². The van der Waals surface area contributed by atoms with Crippen LogP contribution in [0.3, 0.4) is 0 Å². The summed E-state index contributed by atoms with van der Waals surface area (Å²) >= 11 is 0. The summed E-state index contributed by atoms with van der Waals surface area (Å²) in [6.07, 6.45) is 2.42. The van der Waals surface area contributed by atoms with Gasteiger partial charge in [0.25, 0.3) is 0 Å². The van der Waals surface area contributed by atoms with E-state index >= 15 is 0 Å². The van der Waals surface area contributed by atoms with E-state index in [9.17, 15) is 5.11 Å². The highest BCUT2D eigenvalue weighted by Crippen LogP contribution is 2.24. The average Bonchev–Trinajstić information content (AvgIpc) is 2.72. The molecule has 0 radical (unpaired) electrons. The molecule has 13 heavy (non-hydrogen) atoms. The fourth-order valence-corrected chi connectivity index (χ4v) is 1.83. The lowest BCUT2D eigenvalue weighted by atomic mass is 10.2. The van der Waals surface area contributed by atoms with E-state index in [0.717, 1.165) is 25.3 Å². The molecule has 0 unspecified atom stereocenters. The van der Waals surface area contributed by atoms with Crippen molar-refractivity contribution < 1.29 is 9.52 Å². The molecular weight excluding hydrogens is 166 g/mol. The zero-order valence-corrected chi connectivity index (χ0v) is 7.81. The Morgan fingerprint density at radius 2 is 2.54 bits per heavy atom. The average molecular weight is 181 g/mol. The lowest BCUT2D eigenvalue weighted by Gasteiger charge is -2.21. The van der Waals surface area contributed by atoms with Crippen LogP contribution in [0.1, 0.15) is 25.1 Å². The quantitative estimate of drug-likeness (QED) is 0.749. The van der Waals surface area contributed by atoms with Crippen molar-refractivity contribution in [1.29, 1.82) is 0 Å². The molecule has 1 aromatic heterocycles. The largest absolute Gasteiger partial charge is 0.468 e. The second-order valence-corrected chi connectivity index (χ2v) is 3.63. The number of hydrogen-bond donors (Lipinski definition) is 1. The lowest BCUT2D eigenvalue weighted by Crippen LogP contribution is -2.25. The maximum Gasteiger partial charge on any atom is 0.120 e. The topological polar surface area (TPSA) is 36.6 Å². The summed E-state index contributed by atoms with van der Waals surface area (Å²) in [6, 6.07) is 4.17. The van der Waals surface area contributed by atoms with Crippen molar-refractivity contribution in [2.75, 3.05) is 13.1 Å². The molecule has 0 aromatic carbocycles. The van der Waals surface area contributed by atoms with Gasteiger partial charge < -0.3 is 9.52 Å². The van der Waals surface area contributed by atoms with Gasteiger partial charge in [-0.2, -0.15) is 0 Å². The van der Waals surface area contributed by atoms with Gasteiger partial charge in [0.05, 0.1) is 18.4 Å². The predicted octanol–water partition coefficient (Wildman–Crippen LogP) is 1.41. The number of likely N-dealkylation sites (tertiary alicyclic amines) is 1. The number of hydrogen-bond acceptors (Lipinski definition) is 3. The monoisotopic (exact) mass is 181 g/mol. The third kappa shape index (κ3) is 1.76. The maximum atomic E-state index is 9.37. The maximum absolute atomic E-state index is 9.37. The van der Waals surface area contributed by atoms with Crippen LogP contribution in [-0.4, -0.2) is 29.2 Å². The molecule has 0 amide bonds. The van der Waals surface area contributed by atoms with Crippen LogP contribution in [0.15, 0.2) is 22.8 Å². The summed E-state index contributed by atoms with van der Waals surface area (Å²) < 4.78 is 5.32. The summed E-state index contributed by atoms with van der Waals surface area (Å²) in [7, 11) is 0. The van der Waals surface area contributed by atoms with Gasteiger partial charge in [-0.15, -0.1) is 0 Å². The van der Waals surface area contributed by atoms with Crippen LogP contribution in [-0.2, 0) is 0 Å². The molecule has 1 aromatic rings. The highest BCUT2D eigenvalue weighted by molar-refractivity contribution is 5.04. The Labute approximate surface area is 78.0 Å². The second kappa shape index (κ2) is 3.52. The van der Waals surface area contributed by atoms with Crippen LogP contribution >= 0.6 is 0 Å². The van der Waals surface area contributed by atoms with Crippen LogP contribution in [0, 0.1) is 0 Å². The molecule has 0 saturated carbocycles. The van der Waals surface area contributed by atoms with Crippen molar-refractivity contribution in [2.45, 2.75) is 25.5 Å². The normalized spacial score (nSPS) is 26.5. The summed E-state index contributed by atoms with van der Waals surface area (Å²) in [4.78, 5) is 2.24. The molecular formula is C10H15NO2. The molecule has 2 rings (SSSR count). The first-order valence-corrected chi connectivity index (χ1v) is 4.73. The van der Waals surface area contributed by atoms with Gasteiger partial charge >= 0.3 is 0 Å². The first-order chi connectivity index (χ1) is 6.27. The smallest absolute Gasteiger partial charge is 0.120 e. The zero-order valence-electron chi connectivity index (χ0n) is 7.81. The van der Waals surface area contributed by atoms with Crippen molar-refractivity contribution in [3.8, 4) is 0 Å². The first-order valence-electron chi connectivity index (χ1n) is 4.73. The number of rotatable bonds is 2. The van der Waals surface area contributed by atoms with Gasteiger partial charge in [0.1, 0.15) is 5.76 Å². The fraction of sp³-hybridized carbons (Fsp3) is 0.600. The van der Waals surface area contributed by atoms with Gasteiger partial charge in [-0.25, -0.2) is 0 Å². The Bertz CT molecular complexity index is 258. The van der Waals surface area contributed by atoms with Crippen LogP contribution in [0.4, 0.5) is 0 Å². The Hall–Kier alpha value is -0.800. The molecule has 3 heteroatoms. The minimum Gasteiger partial charge on any atom is -0.468 e. The van der Waals surface area contributed by atoms with Gasteiger partial charge in [-0.1, -0.05) is 0 Å². The number of aliphatic hydroxyl groups is 1. The lowest BCUT2D eigenvalue weighted by molar-refractivity contribution is 0.156. The molecule has 1 N–H and O–H groups in total. The van der Waals surface area contributed by atoms with Crippen molar-refractivity contribution in [1.82, 2.24) is 4.90 Å². The number of β-amino-alcohol motifs (C(OH)–C–C–N with tert-alkyl or cyclic N) is 1.